The Kier molecular flexibility index (Phi) is 3.92. The number of hydrogen-bond acceptors (Lipinski definition) is 3. The molecule has 2 nitrogen and oxygen atoms in total. The maximum atomic E-state index is 5.87. The quantitative estimate of drug-likeness (QED) is 0.675. The molecule has 2 rings (SSSR count). The van der Waals surface area contributed by atoms with Crippen molar-refractivity contribution >= 4 is 29.1 Å². The molecular weight excluding hydrogens is 252 g/mol. The molecule has 0 radical (unpaired) electrons. The van der Waals surface area contributed by atoms with Crippen LogP contribution in [0.5, 0.6) is 0 Å². The molecule has 2 N–H and O–H groups in total. The van der Waals surface area contributed by atoms with Crippen molar-refractivity contribution in [2.24, 2.45) is 0 Å². The predicted molar refractivity (Wildman–Crippen MR) is 74.4 cm³/mol. The zero-order chi connectivity index (χ0) is 12.3. The van der Waals surface area contributed by atoms with Crippen LogP contribution in [0.4, 0.5) is 5.69 Å². The first kappa shape index (κ1) is 12.3. The number of halogens is 1. The summed E-state index contributed by atoms with van der Waals surface area (Å²) >= 11 is 7.47. The van der Waals surface area contributed by atoms with Crippen LogP contribution in [0.3, 0.4) is 0 Å². The summed E-state index contributed by atoms with van der Waals surface area (Å²) in [5.41, 5.74) is 9.10. The van der Waals surface area contributed by atoms with E-state index in [1.54, 1.807) is 18.0 Å². The van der Waals surface area contributed by atoms with Crippen LogP contribution in [0.1, 0.15) is 11.1 Å². The number of nitrogen functional groups attached to an aromatic ring is 1. The van der Waals surface area contributed by atoms with Crippen LogP contribution in [0.15, 0.2) is 41.6 Å². The van der Waals surface area contributed by atoms with Crippen molar-refractivity contribution in [1.29, 1.82) is 0 Å². The maximum Gasteiger partial charge on any atom is 0.0964 e. The van der Waals surface area contributed by atoms with Crippen molar-refractivity contribution in [2.45, 2.75) is 17.7 Å². The summed E-state index contributed by atoms with van der Waals surface area (Å²) in [5, 5.41) is 1.63. The minimum absolute atomic E-state index is 0.662. The summed E-state index contributed by atoms with van der Waals surface area (Å²) in [5.74, 6) is 0.867. The Labute approximate surface area is 110 Å². The lowest BCUT2D eigenvalue weighted by molar-refractivity contribution is 1.13. The number of nitrogens with zero attached hydrogens (tertiary/aromatic N) is 1. The maximum absolute atomic E-state index is 5.87. The molecule has 1 aromatic carbocycles. The van der Waals surface area contributed by atoms with E-state index in [-0.39, 0.29) is 0 Å². The SMILES string of the molecule is Cc1c(N)cccc1CSc1ccc(Cl)cn1. The summed E-state index contributed by atoms with van der Waals surface area (Å²) in [6, 6.07) is 9.77. The average molecular weight is 265 g/mol. The van der Waals surface area contributed by atoms with Gasteiger partial charge in [0.15, 0.2) is 0 Å². The van der Waals surface area contributed by atoms with E-state index in [1.807, 2.05) is 31.2 Å². The van der Waals surface area contributed by atoms with Crippen LogP contribution in [0, 0.1) is 6.92 Å². The third-order valence-electron chi connectivity index (χ3n) is 2.56. The van der Waals surface area contributed by atoms with Crippen LogP contribution in [0.2, 0.25) is 5.02 Å². The second-order valence-corrected chi connectivity index (χ2v) is 5.17. The molecule has 17 heavy (non-hydrogen) atoms. The third kappa shape index (κ3) is 3.14. The van der Waals surface area contributed by atoms with Gasteiger partial charge in [0.2, 0.25) is 0 Å². The molecule has 0 aliphatic carbocycles. The van der Waals surface area contributed by atoms with Crippen LogP contribution in [0.25, 0.3) is 0 Å². The monoisotopic (exact) mass is 264 g/mol. The summed E-state index contributed by atoms with van der Waals surface area (Å²) in [6.45, 7) is 2.04. The number of aromatic nitrogens is 1. The van der Waals surface area contributed by atoms with Gasteiger partial charge < -0.3 is 5.73 Å². The highest BCUT2D eigenvalue weighted by molar-refractivity contribution is 7.98. The Balaban J connectivity index is 2.07. The number of thioether (sulfide) groups is 1. The Morgan fingerprint density at radius 3 is 2.82 bits per heavy atom. The fraction of sp³-hybridized carbons (Fsp3) is 0.154. The van der Waals surface area contributed by atoms with E-state index < -0.39 is 0 Å². The molecular formula is C13H13ClN2S. The van der Waals surface area contributed by atoms with Crippen molar-refractivity contribution in [3.8, 4) is 0 Å². The lowest BCUT2D eigenvalue weighted by Gasteiger charge is -2.07. The molecule has 88 valence electrons. The van der Waals surface area contributed by atoms with E-state index >= 15 is 0 Å². The van der Waals surface area contributed by atoms with Gasteiger partial charge >= 0.3 is 0 Å². The van der Waals surface area contributed by atoms with Crippen molar-refractivity contribution < 1.29 is 0 Å². The highest BCUT2D eigenvalue weighted by Gasteiger charge is 2.03. The number of pyridine rings is 1. The van der Waals surface area contributed by atoms with Gasteiger partial charge in [-0.25, -0.2) is 4.98 Å². The van der Waals surface area contributed by atoms with Gasteiger partial charge in [-0.3, -0.25) is 0 Å². The number of hydrogen-bond donors (Lipinski definition) is 1. The topological polar surface area (TPSA) is 38.9 Å². The van der Waals surface area contributed by atoms with Gasteiger partial charge in [-0.2, -0.15) is 0 Å². The largest absolute Gasteiger partial charge is 0.399 e. The highest BCUT2D eigenvalue weighted by atomic mass is 35.5. The van der Waals surface area contributed by atoms with Crippen molar-refractivity contribution in [3.63, 3.8) is 0 Å². The average Bonchev–Trinajstić information content (AvgIpc) is 2.33. The molecule has 0 aliphatic rings. The van der Waals surface area contributed by atoms with Crippen LogP contribution >= 0.6 is 23.4 Å². The normalized spacial score (nSPS) is 10.5. The first-order chi connectivity index (χ1) is 8.16. The third-order valence-corrected chi connectivity index (χ3v) is 3.78. The molecule has 0 bridgehead atoms. The van der Waals surface area contributed by atoms with Crippen molar-refractivity contribution in [1.82, 2.24) is 4.98 Å². The molecule has 0 saturated carbocycles. The van der Waals surface area contributed by atoms with Gasteiger partial charge in [0.05, 0.1) is 10.0 Å². The fourth-order valence-electron chi connectivity index (χ4n) is 1.46. The second-order valence-electron chi connectivity index (χ2n) is 3.73. The molecule has 1 aromatic heterocycles. The minimum Gasteiger partial charge on any atom is -0.399 e. The van der Waals surface area contributed by atoms with E-state index in [2.05, 4.69) is 11.1 Å². The van der Waals surface area contributed by atoms with Crippen LogP contribution in [-0.2, 0) is 5.75 Å². The molecule has 0 unspecified atom stereocenters. The lowest BCUT2D eigenvalue weighted by atomic mass is 10.1. The van der Waals surface area contributed by atoms with Gasteiger partial charge in [0, 0.05) is 17.6 Å². The second kappa shape index (κ2) is 5.43. The van der Waals surface area contributed by atoms with Crippen LogP contribution in [-0.4, -0.2) is 4.98 Å². The van der Waals surface area contributed by atoms with Gasteiger partial charge in [-0.1, -0.05) is 23.7 Å². The van der Waals surface area contributed by atoms with Gasteiger partial charge in [0.25, 0.3) is 0 Å². The molecule has 1 heterocycles. The fourth-order valence-corrected chi connectivity index (χ4v) is 2.48. The van der Waals surface area contributed by atoms with E-state index in [4.69, 9.17) is 17.3 Å². The molecule has 0 amide bonds. The number of benzene rings is 1. The van der Waals surface area contributed by atoms with Crippen molar-refractivity contribution in [3.05, 3.63) is 52.7 Å². The molecule has 0 saturated heterocycles. The van der Waals surface area contributed by atoms with Crippen molar-refractivity contribution in [2.75, 3.05) is 5.73 Å². The van der Waals surface area contributed by atoms with Crippen LogP contribution < -0.4 is 5.73 Å². The summed E-state index contributed by atoms with van der Waals surface area (Å²) < 4.78 is 0. The molecule has 0 spiro atoms. The predicted octanol–water partition coefficient (Wildman–Crippen LogP) is 3.92. The van der Waals surface area contributed by atoms with Gasteiger partial charge in [-0.15, -0.1) is 11.8 Å². The summed E-state index contributed by atoms with van der Waals surface area (Å²) in [7, 11) is 0. The van der Waals surface area contributed by atoms with Gasteiger partial charge in [0.1, 0.15) is 0 Å². The summed E-state index contributed by atoms with van der Waals surface area (Å²) in [6.07, 6.45) is 1.66. The van der Waals surface area contributed by atoms with E-state index in [1.165, 1.54) is 5.56 Å². The number of rotatable bonds is 3. The minimum atomic E-state index is 0.662. The Hall–Kier alpha value is -1.19. The molecule has 0 aliphatic heterocycles. The van der Waals surface area contributed by atoms with E-state index in [0.717, 1.165) is 22.0 Å². The molecule has 0 fully saturated rings. The van der Waals surface area contributed by atoms with Gasteiger partial charge in [-0.05, 0) is 36.2 Å². The van der Waals surface area contributed by atoms with E-state index in [9.17, 15) is 0 Å². The summed E-state index contributed by atoms with van der Waals surface area (Å²) in [4.78, 5) is 4.25. The molecule has 0 atom stereocenters. The first-order valence-electron chi connectivity index (χ1n) is 5.25. The zero-order valence-corrected chi connectivity index (χ0v) is 11.1. The highest BCUT2D eigenvalue weighted by Crippen LogP contribution is 2.25. The zero-order valence-electron chi connectivity index (χ0n) is 9.48. The Bertz CT molecular complexity index is 511. The first-order valence-corrected chi connectivity index (χ1v) is 6.61. The van der Waals surface area contributed by atoms with E-state index in [0.29, 0.717) is 5.02 Å². The number of nitrogens with two attached hydrogens (primary N) is 1. The standard InChI is InChI=1S/C13H13ClN2S/c1-9-10(3-2-4-12(9)15)8-17-13-6-5-11(14)7-16-13/h2-7H,8,15H2,1H3. The Morgan fingerprint density at radius 2 is 2.12 bits per heavy atom. The molecule has 4 heteroatoms. The Morgan fingerprint density at radius 1 is 1.29 bits per heavy atom. The number of anilines is 1. The smallest absolute Gasteiger partial charge is 0.0964 e. The molecule has 2 aromatic rings. The lowest BCUT2D eigenvalue weighted by Crippen LogP contribution is -1.94.